The summed E-state index contributed by atoms with van der Waals surface area (Å²) in [6.07, 6.45) is 8.58. The summed E-state index contributed by atoms with van der Waals surface area (Å²) in [5.74, 6) is 0.0541. The third kappa shape index (κ3) is 3.45. The molecule has 2 atom stereocenters. The van der Waals surface area contributed by atoms with E-state index in [9.17, 15) is 4.79 Å². The molecule has 0 bridgehead atoms. The third-order valence-electron chi connectivity index (χ3n) is 5.22. The normalized spacial score (nSPS) is 24.6. The lowest BCUT2D eigenvalue weighted by molar-refractivity contribution is 0.00863. The monoisotopic (exact) mass is 341 g/mol. The highest BCUT2D eigenvalue weighted by Crippen LogP contribution is 2.28. The van der Waals surface area contributed by atoms with Crippen LogP contribution in [0.3, 0.4) is 0 Å². The number of amides is 1. The second-order valence-corrected chi connectivity index (χ2v) is 6.65. The van der Waals surface area contributed by atoms with Gasteiger partial charge in [0.05, 0.1) is 31.1 Å². The summed E-state index contributed by atoms with van der Waals surface area (Å²) in [6, 6.07) is 6.29. The van der Waals surface area contributed by atoms with E-state index in [1.54, 1.807) is 18.5 Å². The van der Waals surface area contributed by atoms with Gasteiger partial charge in [-0.05, 0) is 30.5 Å². The first kappa shape index (κ1) is 16.3. The molecule has 0 spiro atoms. The summed E-state index contributed by atoms with van der Waals surface area (Å²) in [4.78, 5) is 21.7. The maximum absolute atomic E-state index is 12.9. The Hall–Kier alpha value is -2.18. The van der Waals surface area contributed by atoms with Gasteiger partial charge in [0.25, 0.3) is 5.91 Å². The highest BCUT2D eigenvalue weighted by molar-refractivity contribution is 5.94. The second kappa shape index (κ2) is 7.37. The Morgan fingerprint density at radius 3 is 2.84 bits per heavy atom. The Morgan fingerprint density at radius 1 is 1.24 bits per heavy atom. The summed E-state index contributed by atoms with van der Waals surface area (Å²) in [5.41, 5.74) is 1.79. The van der Waals surface area contributed by atoms with Crippen LogP contribution in [0.2, 0.25) is 0 Å². The molecule has 6 heteroatoms. The zero-order chi connectivity index (χ0) is 17.1. The van der Waals surface area contributed by atoms with Crippen LogP contribution >= 0.6 is 0 Å². The number of ether oxygens (including phenoxy) is 1. The van der Waals surface area contributed by atoms with Crippen molar-refractivity contribution >= 4 is 5.91 Å². The van der Waals surface area contributed by atoms with Crippen LogP contribution in [0.15, 0.2) is 47.5 Å². The fraction of sp³-hybridized carbons (Fsp3) is 0.474. The zero-order valence-electron chi connectivity index (χ0n) is 14.2. The number of morpholine rings is 1. The first-order valence-electron chi connectivity index (χ1n) is 8.87. The van der Waals surface area contributed by atoms with Crippen molar-refractivity contribution < 1.29 is 13.9 Å². The van der Waals surface area contributed by atoms with Gasteiger partial charge in [-0.3, -0.25) is 14.7 Å². The molecule has 2 aliphatic heterocycles. The number of aromatic nitrogens is 1. The van der Waals surface area contributed by atoms with Crippen LogP contribution in [0.5, 0.6) is 0 Å². The highest BCUT2D eigenvalue weighted by Gasteiger charge is 2.40. The number of nitrogens with zero attached hydrogens (tertiary/aromatic N) is 3. The van der Waals surface area contributed by atoms with E-state index < -0.39 is 0 Å². The fourth-order valence-electron chi connectivity index (χ4n) is 3.98. The molecule has 2 saturated heterocycles. The molecule has 6 nitrogen and oxygen atoms in total. The van der Waals surface area contributed by atoms with E-state index in [0.29, 0.717) is 11.6 Å². The molecule has 0 aliphatic carbocycles. The molecular formula is C19H23N3O3. The number of furan rings is 1. The number of hydrogen-bond donors (Lipinski definition) is 0. The van der Waals surface area contributed by atoms with E-state index in [2.05, 4.69) is 16.0 Å². The Bertz CT molecular complexity index is 683. The molecule has 0 unspecified atom stereocenters. The van der Waals surface area contributed by atoms with Gasteiger partial charge in [0.2, 0.25) is 0 Å². The van der Waals surface area contributed by atoms with Crippen LogP contribution < -0.4 is 0 Å². The number of rotatable bonds is 4. The molecule has 25 heavy (non-hydrogen) atoms. The van der Waals surface area contributed by atoms with Crippen molar-refractivity contribution in [3.63, 3.8) is 0 Å². The van der Waals surface area contributed by atoms with Crippen molar-refractivity contribution in [1.29, 1.82) is 0 Å². The Labute approximate surface area is 147 Å². The quantitative estimate of drug-likeness (QED) is 0.849. The maximum atomic E-state index is 12.9. The first-order chi connectivity index (χ1) is 12.3. The predicted octanol–water partition coefficient (Wildman–Crippen LogP) is 1.83. The van der Waals surface area contributed by atoms with Gasteiger partial charge in [-0.15, -0.1) is 0 Å². The summed E-state index contributed by atoms with van der Waals surface area (Å²) < 4.78 is 10.6. The molecule has 1 amide bonds. The van der Waals surface area contributed by atoms with Gasteiger partial charge in [-0.25, -0.2) is 0 Å². The molecule has 0 radical (unpaired) electrons. The Morgan fingerprint density at radius 2 is 2.12 bits per heavy atom. The lowest BCUT2D eigenvalue weighted by Gasteiger charge is -2.37. The van der Waals surface area contributed by atoms with Crippen LogP contribution in [-0.2, 0) is 11.2 Å². The average molecular weight is 341 g/mol. The van der Waals surface area contributed by atoms with E-state index in [1.807, 2.05) is 17.2 Å². The molecule has 0 saturated carbocycles. The van der Waals surface area contributed by atoms with E-state index in [4.69, 9.17) is 9.15 Å². The number of hydrogen-bond acceptors (Lipinski definition) is 5. The van der Waals surface area contributed by atoms with E-state index >= 15 is 0 Å². The van der Waals surface area contributed by atoms with E-state index in [-0.39, 0.29) is 11.9 Å². The first-order valence-corrected chi connectivity index (χ1v) is 8.87. The van der Waals surface area contributed by atoms with Crippen LogP contribution in [0, 0.1) is 0 Å². The number of carbonyl (C=O) groups excluding carboxylic acids is 1. The van der Waals surface area contributed by atoms with Gasteiger partial charge < -0.3 is 14.1 Å². The molecule has 2 aliphatic rings. The lowest BCUT2D eigenvalue weighted by atomic mass is 9.99. The molecule has 2 aromatic rings. The third-order valence-corrected chi connectivity index (χ3v) is 5.22. The zero-order valence-corrected chi connectivity index (χ0v) is 14.2. The van der Waals surface area contributed by atoms with Crippen molar-refractivity contribution in [3.8, 4) is 0 Å². The van der Waals surface area contributed by atoms with Gasteiger partial charge in [-0.1, -0.05) is 6.07 Å². The van der Waals surface area contributed by atoms with Gasteiger partial charge in [0.1, 0.15) is 6.26 Å². The van der Waals surface area contributed by atoms with Crippen molar-refractivity contribution in [2.24, 2.45) is 0 Å². The molecule has 2 fully saturated rings. The van der Waals surface area contributed by atoms with Crippen LogP contribution in [0.25, 0.3) is 0 Å². The largest absolute Gasteiger partial charge is 0.472 e. The average Bonchev–Trinajstić information content (AvgIpc) is 3.33. The number of likely N-dealkylation sites (tertiary alicyclic amines) is 1. The standard InChI is InChI=1S/C19H23N3O3/c23-19(16-4-9-25-14-16)22-6-3-17(21-7-10-24-11-8-21)18(22)12-15-2-1-5-20-13-15/h1-2,4-5,9,13-14,17-18H,3,6-8,10-12H2/t17-,18+/m0/s1. The van der Waals surface area contributed by atoms with Gasteiger partial charge >= 0.3 is 0 Å². The minimum atomic E-state index is 0.0541. The topological polar surface area (TPSA) is 58.8 Å². The molecule has 0 N–H and O–H groups in total. The fourth-order valence-corrected chi connectivity index (χ4v) is 3.98. The molecule has 4 heterocycles. The summed E-state index contributed by atoms with van der Waals surface area (Å²) in [7, 11) is 0. The second-order valence-electron chi connectivity index (χ2n) is 6.65. The molecular weight excluding hydrogens is 318 g/mol. The molecule has 4 rings (SSSR count). The number of carbonyl (C=O) groups is 1. The number of pyridine rings is 1. The Kier molecular flexibility index (Phi) is 4.81. The van der Waals surface area contributed by atoms with Crippen molar-refractivity contribution in [2.75, 3.05) is 32.8 Å². The van der Waals surface area contributed by atoms with Crippen molar-refractivity contribution in [3.05, 3.63) is 54.2 Å². The van der Waals surface area contributed by atoms with Crippen LogP contribution in [-0.4, -0.2) is 65.6 Å². The minimum absolute atomic E-state index is 0.0541. The van der Waals surface area contributed by atoms with Gasteiger partial charge in [0, 0.05) is 38.1 Å². The summed E-state index contributed by atoms with van der Waals surface area (Å²) in [6.45, 7) is 4.18. The smallest absolute Gasteiger partial charge is 0.257 e. The van der Waals surface area contributed by atoms with E-state index in [1.165, 1.54) is 6.26 Å². The molecule has 132 valence electrons. The van der Waals surface area contributed by atoms with Crippen molar-refractivity contribution in [2.45, 2.75) is 24.9 Å². The maximum Gasteiger partial charge on any atom is 0.257 e. The van der Waals surface area contributed by atoms with Crippen LogP contribution in [0.1, 0.15) is 22.3 Å². The summed E-state index contributed by atoms with van der Waals surface area (Å²) in [5, 5.41) is 0. The predicted molar refractivity (Wildman–Crippen MR) is 92.3 cm³/mol. The van der Waals surface area contributed by atoms with E-state index in [0.717, 1.165) is 51.3 Å². The molecule has 0 aromatic carbocycles. The van der Waals surface area contributed by atoms with Crippen molar-refractivity contribution in [1.82, 2.24) is 14.8 Å². The van der Waals surface area contributed by atoms with Gasteiger partial charge in [-0.2, -0.15) is 0 Å². The highest BCUT2D eigenvalue weighted by atomic mass is 16.5. The van der Waals surface area contributed by atoms with Gasteiger partial charge in [0.15, 0.2) is 0 Å². The van der Waals surface area contributed by atoms with Crippen LogP contribution in [0.4, 0.5) is 0 Å². The SMILES string of the molecule is O=C(c1ccoc1)N1CC[C@H](N2CCOCC2)[C@H]1Cc1cccnc1. The molecule has 2 aromatic heterocycles. The summed E-state index contributed by atoms with van der Waals surface area (Å²) >= 11 is 0. The lowest BCUT2D eigenvalue weighted by Crippen LogP contribution is -2.51. The minimum Gasteiger partial charge on any atom is -0.472 e. The Balaban J connectivity index is 1.58.